The minimum Gasteiger partial charge on any atom is -0.416 e. The fraction of sp³-hybridized carbons (Fsp3) is 0.500. The summed E-state index contributed by atoms with van der Waals surface area (Å²) in [7, 11) is -3.90. The van der Waals surface area contributed by atoms with Gasteiger partial charge < -0.3 is 19.2 Å². The van der Waals surface area contributed by atoms with Crippen LogP contribution in [0, 0.1) is 0 Å². The van der Waals surface area contributed by atoms with Crippen molar-refractivity contribution in [3.63, 3.8) is 0 Å². The Morgan fingerprint density at radius 1 is 0.909 bits per heavy atom. The molecule has 0 aliphatic carbocycles. The molecule has 0 rings (SSSR count). The molecule has 0 amide bonds. The number of hydrogen-bond acceptors (Lipinski definition) is 4. The summed E-state index contributed by atoms with van der Waals surface area (Å²) < 4.78 is 0. The monoisotopic (exact) mass is 174 g/mol. The van der Waals surface area contributed by atoms with E-state index in [2.05, 4.69) is 0 Å². The second kappa shape index (κ2) is 3.06. The zero-order chi connectivity index (χ0) is 9.23. The molecule has 11 heavy (non-hydrogen) atoms. The molecule has 0 spiro atoms. The molecule has 0 radical (unpaired) electrons. The van der Waals surface area contributed by atoms with E-state index < -0.39 is 24.5 Å². The minimum absolute atomic E-state index is 0.697. The minimum atomic E-state index is -3.90. The SMILES string of the molecule is CC(=O)[Si](O)(C(C)=O)C(C)=O. The molecule has 0 aliphatic rings. The molecule has 0 saturated carbocycles. The Balaban J connectivity index is 4.99. The third-order valence-electron chi connectivity index (χ3n) is 1.53. The zero-order valence-electron chi connectivity index (χ0n) is 6.67. The van der Waals surface area contributed by atoms with Gasteiger partial charge in [-0.25, -0.2) is 0 Å². The molecule has 0 unspecified atom stereocenters. The highest BCUT2D eigenvalue weighted by Crippen LogP contribution is 2.02. The van der Waals surface area contributed by atoms with Crippen LogP contribution in [-0.4, -0.2) is 29.3 Å². The second-order valence-corrected chi connectivity index (χ2v) is 5.91. The van der Waals surface area contributed by atoms with Gasteiger partial charge >= 0.3 is 8.32 Å². The Labute approximate surface area is 65.3 Å². The van der Waals surface area contributed by atoms with Crippen LogP contribution in [0.25, 0.3) is 0 Å². The standard InChI is InChI=1S/C6H10O4Si/c1-4(7)11(10,5(2)8)6(3)9/h10H,1-3H3. The molecule has 5 heteroatoms. The second-order valence-electron chi connectivity index (χ2n) is 2.38. The average Bonchev–Trinajstić information content (AvgIpc) is 1.84. The maximum absolute atomic E-state index is 10.7. The molecule has 1 N–H and O–H groups in total. The van der Waals surface area contributed by atoms with Crippen LogP contribution in [0.3, 0.4) is 0 Å². The van der Waals surface area contributed by atoms with Gasteiger partial charge in [-0.3, -0.25) is 0 Å². The molecule has 0 bridgehead atoms. The number of carbonyl (C=O) groups is 3. The average molecular weight is 174 g/mol. The number of hydrogen-bond donors (Lipinski definition) is 1. The van der Waals surface area contributed by atoms with Gasteiger partial charge in [0.1, 0.15) is 0 Å². The third kappa shape index (κ3) is 1.61. The van der Waals surface area contributed by atoms with E-state index in [0.29, 0.717) is 0 Å². The van der Waals surface area contributed by atoms with Crippen molar-refractivity contribution in [1.82, 2.24) is 0 Å². The Hall–Kier alpha value is -0.813. The van der Waals surface area contributed by atoms with Crippen LogP contribution in [0.1, 0.15) is 20.8 Å². The highest BCUT2D eigenvalue weighted by Gasteiger charge is 2.48. The Kier molecular flexibility index (Phi) is 2.83. The van der Waals surface area contributed by atoms with Gasteiger partial charge in [0, 0.05) is 0 Å². The molecule has 0 aromatic heterocycles. The quantitative estimate of drug-likeness (QED) is 0.575. The lowest BCUT2D eigenvalue weighted by Crippen LogP contribution is -2.57. The fourth-order valence-corrected chi connectivity index (χ4v) is 2.23. The van der Waals surface area contributed by atoms with E-state index in [4.69, 9.17) is 0 Å². The molecule has 62 valence electrons. The predicted octanol–water partition coefficient (Wildman–Crippen LogP) is -0.691. The first-order valence-electron chi connectivity index (χ1n) is 3.09. The van der Waals surface area contributed by atoms with Crippen molar-refractivity contribution in [3.05, 3.63) is 0 Å². The molecule has 0 saturated heterocycles. The van der Waals surface area contributed by atoms with E-state index in [-0.39, 0.29) is 0 Å². The van der Waals surface area contributed by atoms with Crippen molar-refractivity contribution in [3.8, 4) is 0 Å². The van der Waals surface area contributed by atoms with Crippen molar-refractivity contribution in [2.75, 3.05) is 0 Å². The maximum Gasteiger partial charge on any atom is 0.398 e. The molecular formula is C6H10O4Si. The summed E-state index contributed by atoms with van der Waals surface area (Å²) >= 11 is 0. The van der Waals surface area contributed by atoms with Gasteiger partial charge in [-0.15, -0.1) is 0 Å². The van der Waals surface area contributed by atoms with Gasteiger partial charge in [0.2, 0.25) is 0 Å². The van der Waals surface area contributed by atoms with E-state index >= 15 is 0 Å². The van der Waals surface area contributed by atoms with Crippen molar-refractivity contribution >= 4 is 24.5 Å². The smallest absolute Gasteiger partial charge is 0.398 e. The summed E-state index contributed by atoms with van der Waals surface area (Å²) in [5, 5.41) is -2.09. The van der Waals surface area contributed by atoms with E-state index in [0.717, 1.165) is 20.8 Å². The Bertz CT molecular complexity index is 185. The van der Waals surface area contributed by atoms with Crippen molar-refractivity contribution < 1.29 is 19.2 Å². The highest BCUT2D eigenvalue weighted by atomic mass is 28.4. The normalized spacial score (nSPS) is 10.9. The summed E-state index contributed by atoms with van der Waals surface area (Å²) in [4.78, 5) is 41.5. The molecule has 0 heterocycles. The van der Waals surface area contributed by atoms with Crippen molar-refractivity contribution in [2.45, 2.75) is 20.8 Å². The summed E-state index contributed by atoms with van der Waals surface area (Å²) in [5.74, 6) is 0. The van der Waals surface area contributed by atoms with E-state index in [1.54, 1.807) is 0 Å². The molecule has 0 fully saturated rings. The molecule has 0 atom stereocenters. The zero-order valence-corrected chi connectivity index (χ0v) is 7.67. The topological polar surface area (TPSA) is 71.4 Å². The van der Waals surface area contributed by atoms with Crippen LogP contribution < -0.4 is 0 Å². The first-order chi connectivity index (χ1) is 4.83. The summed E-state index contributed by atoms with van der Waals surface area (Å²) in [6, 6.07) is 0. The van der Waals surface area contributed by atoms with Gasteiger partial charge in [0.15, 0.2) is 16.2 Å². The number of carbonyl (C=O) groups excluding carboxylic acids is 3. The largest absolute Gasteiger partial charge is 0.416 e. The first kappa shape index (κ1) is 10.2. The lowest BCUT2D eigenvalue weighted by atomic mass is 10.9. The first-order valence-corrected chi connectivity index (χ1v) is 5.03. The van der Waals surface area contributed by atoms with Crippen LogP contribution in [0.15, 0.2) is 0 Å². The van der Waals surface area contributed by atoms with Crippen LogP contribution >= 0.6 is 0 Å². The number of rotatable bonds is 3. The van der Waals surface area contributed by atoms with Crippen molar-refractivity contribution in [1.29, 1.82) is 0 Å². The van der Waals surface area contributed by atoms with E-state index in [9.17, 15) is 19.2 Å². The maximum atomic E-state index is 10.7. The van der Waals surface area contributed by atoms with Crippen molar-refractivity contribution in [2.24, 2.45) is 0 Å². The summed E-state index contributed by atoms with van der Waals surface area (Å²) in [5.41, 5.74) is 0. The summed E-state index contributed by atoms with van der Waals surface area (Å²) in [6.07, 6.45) is 0. The third-order valence-corrected chi connectivity index (χ3v) is 4.59. The van der Waals surface area contributed by atoms with Gasteiger partial charge in [-0.05, 0) is 20.8 Å². The fourth-order valence-electron chi connectivity index (χ4n) is 0.744. The Morgan fingerprint density at radius 3 is 1.09 bits per heavy atom. The predicted molar refractivity (Wildman–Crippen MR) is 40.0 cm³/mol. The summed E-state index contributed by atoms with van der Waals surface area (Å²) in [6.45, 7) is 3.19. The molecule has 0 aromatic carbocycles. The Morgan fingerprint density at radius 2 is 1.09 bits per heavy atom. The lowest BCUT2D eigenvalue weighted by molar-refractivity contribution is -0.120. The van der Waals surface area contributed by atoms with Gasteiger partial charge in [-0.2, -0.15) is 0 Å². The lowest BCUT2D eigenvalue weighted by Gasteiger charge is -2.13. The molecule has 0 aromatic rings. The molecular weight excluding hydrogens is 164 g/mol. The van der Waals surface area contributed by atoms with Gasteiger partial charge in [0.25, 0.3) is 0 Å². The van der Waals surface area contributed by atoms with E-state index in [1.165, 1.54) is 0 Å². The van der Waals surface area contributed by atoms with E-state index in [1.807, 2.05) is 0 Å². The van der Waals surface area contributed by atoms with Crippen LogP contribution in [0.4, 0.5) is 0 Å². The molecule has 0 aliphatic heterocycles. The highest BCUT2D eigenvalue weighted by molar-refractivity contribution is 7.36. The van der Waals surface area contributed by atoms with Gasteiger partial charge in [-0.1, -0.05) is 0 Å². The van der Waals surface area contributed by atoms with Crippen LogP contribution in [-0.2, 0) is 14.4 Å². The molecule has 4 nitrogen and oxygen atoms in total. The van der Waals surface area contributed by atoms with Crippen LogP contribution in [0.5, 0.6) is 0 Å². The van der Waals surface area contributed by atoms with Gasteiger partial charge in [0.05, 0.1) is 0 Å². The van der Waals surface area contributed by atoms with Crippen LogP contribution in [0.2, 0.25) is 0 Å².